The second-order valence-corrected chi connectivity index (χ2v) is 5.69. The molecule has 96 valence electrons. The number of nitrogens with zero attached hydrogens (tertiary/aromatic N) is 2. The number of thioether (sulfide) groups is 1. The van der Waals surface area contributed by atoms with E-state index in [1.807, 2.05) is 0 Å². The number of nitrogen functional groups attached to an aromatic ring is 1. The van der Waals surface area contributed by atoms with Gasteiger partial charge in [0.05, 0.1) is 12.5 Å². The minimum atomic E-state index is -4.41. The van der Waals surface area contributed by atoms with Crippen LogP contribution in [0.25, 0.3) is 11.5 Å². The van der Waals surface area contributed by atoms with Crippen LogP contribution in [0.1, 0.15) is 0 Å². The third kappa shape index (κ3) is 2.41. The van der Waals surface area contributed by atoms with Gasteiger partial charge in [-0.25, -0.2) is 9.97 Å². The molecule has 0 aliphatic heterocycles. The Morgan fingerprint density at radius 2 is 2.22 bits per heavy atom. The third-order valence-electron chi connectivity index (χ3n) is 2.15. The van der Waals surface area contributed by atoms with Gasteiger partial charge < -0.3 is 19.9 Å². The molecule has 9 heteroatoms. The van der Waals surface area contributed by atoms with E-state index in [2.05, 4.69) is 9.97 Å². The summed E-state index contributed by atoms with van der Waals surface area (Å²) in [6, 6.07) is 1.20. The van der Waals surface area contributed by atoms with Crippen molar-refractivity contribution in [3.8, 4) is 11.5 Å². The Bertz CT molecular complexity index is 624. The molecule has 0 aliphatic rings. The van der Waals surface area contributed by atoms with Gasteiger partial charge in [0, 0.05) is 0 Å². The molecule has 0 aromatic carbocycles. The fourth-order valence-corrected chi connectivity index (χ4v) is 2.48. The van der Waals surface area contributed by atoms with Crippen LogP contribution in [0.5, 0.6) is 0 Å². The summed E-state index contributed by atoms with van der Waals surface area (Å²) in [6.07, 6.45) is 4.35. The number of anilines is 1. The van der Waals surface area contributed by atoms with Crippen molar-refractivity contribution in [2.24, 2.45) is 0 Å². The van der Waals surface area contributed by atoms with Crippen molar-refractivity contribution in [3.63, 3.8) is 0 Å². The molecule has 18 heavy (non-hydrogen) atoms. The summed E-state index contributed by atoms with van der Waals surface area (Å²) in [7, 11) is -4.41. The van der Waals surface area contributed by atoms with Gasteiger partial charge in [-0.05, 0) is 12.3 Å². The van der Waals surface area contributed by atoms with Crippen LogP contribution >= 0.6 is 19.4 Å². The molecule has 0 unspecified atom stereocenters. The number of nitrogens with two attached hydrogens (primary N) is 1. The van der Waals surface area contributed by atoms with Gasteiger partial charge in [0.25, 0.3) is 0 Å². The summed E-state index contributed by atoms with van der Waals surface area (Å²) >= 11 is 1.33. The van der Waals surface area contributed by atoms with E-state index in [0.29, 0.717) is 5.03 Å². The second-order valence-electron chi connectivity index (χ2n) is 3.33. The summed E-state index contributed by atoms with van der Waals surface area (Å²) < 4.78 is 16.3. The van der Waals surface area contributed by atoms with Gasteiger partial charge in [-0.2, -0.15) is 0 Å². The minimum Gasteiger partial charge on any atom is -0.462 e. The molecule has 2 aromatic heterocycles. The van der Waals surface area contributed by atoms with Gasteiger partial charge in [0.2, 0.25) is 0 Å². The molecule has 0 radical (unpaired) electrons. The number of hydrogen-bond acceptors (Lipinski definition) is 6. The molecule has 0 saturated carbocycles. The average molecular weight is 287 g/mol. The first-order chi connectivity index (χ1) is 8.43. The van der Waals surface area contributed by atoms with Crippen molar-refractivity contribution in [2.45, 2.75) is 5.03 Å². The zero-order valence-electron chi connectivity index (χ0n) is 9.27. The highest BCUT2D eigenvalue weighted by Gasteiger charge is 2.26. The number of furan rings is 1. The first-order valence-electron chi connectivity index (χ1n) is 4.74. The molecule has 0 saturated heterocycles. The maximum absolute atomic E-state index is 11.2. The Hall–Kier alpha value is -1.34. The quantitative estimate of drug-likeness (QED) is 0.560. The number of rotatable bonds is 3. The van der Waals surface area contributed by atoms with Gasteiger partial charge in [0.1, 0.15) is 16.0 Å². The molecule has 0 amide bonds. The average Bonchev–Trinajstić information content (AvgIpc) is 2.77. The number of hydrogen-bond donors (Lipinski definition) is 3. The molecular formula is C9H10N3O4PS. The Morgan fingerprint density at radius 3 is 2.78 bits per heavy atom. The van der Waals surface area contributed by atoms with Crippen molar-refractivity contribution in [1.29, 1.82) is 0 Å². The molecule has 0 aliphatic carbocycles. The van der Waals surface area contributed by atoms with Gasteiger partial charge in [0.15, 0.2) is 11.6 Å². The molecular weight excluding hydrogens is 277 g/mol. The maximum Gasteiger partial charge on any atom is 0.360 e. The zero-order chi connectivity index (χ0) is 13.3. The van der Waals surface area contributed by atoms with Crippen LogP contribution in [0.3, 0.4) is 0 Å². The minimum absolute atomic E-state index is 0.0183. The van der Waals surface area contributed by atoms with Crippen LogP contribution in [0, 0.1) is 0 Å². The van der Waals surface area contributed by atoms with Crippen molar-refractivity contribution >= 4 is 30.5 Å². The summed E-state index contributed by atoms with van der Waals surface area (Å²) in [5.74, 6) is 0.170. The Morgan fingerprint density at radius 1 is 1.50 bits per heavy atom. The van der Waals surface area contributed by atoms with Crippen molar-refractivity contribution < 1.29 is 18.8 Å². The fraction of sp³-hybridized carbons (Fsp3) is 0.111. The summed E-state index contributed by atoms with van der Waals surface area (Å²) in [6.45, 7) is 0. The van der Waals surface area contributed by atoms with Crippen LogP contribution in [-0.2, 0) is 4.57 Å². The molecule has 7 nitrogen and oxygen atoms in total. The lowest BCUT2D eigenvalue weighted by Crippen LogP contribution is -2.06. The SMILES string of the molecule is CSc1ncc(-c2occc2P(=O)(O)O)nc1N. The molecule has 2 rings (SSSR count). The predicted octanol–water partition coefficient (Wildman–Crippen LogP) is 0.844. The molecule has 2 heterocycles. The van der Waals surface area contributed by atoms with E-state index >= 15 is 0 Å². The lowest BCUT2D eigenvalue weighted by Gasteiger charge is -2.05. The highest BCUT2D eigenvalue weighted by molar-refractivity contribution is 7.98. The topological polar surface area (TPSA) is 122 Å². The number of aromatic nitrogens is 2. The molecule has 4 N–H and O–H groups in total. The van der Waals surface area contributed by atoms with E-state index in [0.717, 1.165) is 0 Å². The summed E-state index contributed by atoms with van der Waals surface area (Å²) in [4.78, 5) is 26.4. The Labute approximate surface area is 107 Å². The zero-order valence-corrected chi connectivity index (χ0v) is 11.0. The molecule has 0 fully saturated rings. The van der Waals surface area contributed by atoms with E-state index in [1.54, 1.807) is 6.26 Å². The smallest absolute Gasteiger partial charge is 0.360 e. The Balaban J connectivity index is 2.53. The van der Waals surface area contributed by atoms with E-state index < -0.39 is 7.60 Å². The second kappa shape index (κ2) is 4.74. The van der Waals surface area contributed by atoms with Crippen molar-refractivity contribution in [1.82, 2.24) is 9.97 Å². The van der Waals surface area contributed by atoms with Gasteiger partial charge >= 0.3 is 7.60 Å². The van der Waals surface area contributed by atoms with E-state index in [1.165, 1.54) is 30.3 Å². The monoisotopic (exact) mass is 287 g/mol. The largest absolute Gasteiger partial charge is 0.462 e. The molecule has 0 atom stereocenters. The molecule has 0 bridgehead atoms. The first-order valence-corrected chi connectivity index (χ1v) is 7.57. The fourth-order valence-electron chi connectivity index (χ4n) is 1.38. The lowest BCUT2D eigenvalue weighted by molar-refractivity contribution is 0.387. The molecule has 2 aromatic rings. The lowest BCUT2D eigenvalue weighted by atomic mass is 10.3. The van der Waals surface area contributed by atoms with Crippen molar-refractivity contribution in [3.05, 3.63) is 18.5 Å². The summed E-state index contributed by atoms with van der Waals surface area (Å²) in [5, 5.41) is 0.316. The van der Waals surface area contributed by atoms with Crippen molar-refractivity contribution in [2.75, 3.05) is 12.0 Å². The van der Waals surface area contributed by atoms with E-state index in [-0.39, 0.29) is 22.6 Å². The van der Waals surface area contributed by atoms with Gasteiger partial charge in [-0.15, -0.1) is 11.8 Å². The third-order valence-corrected chi connectivity index (χ3v) is 3.83. The van der Waals surface area contributed by atoms with Crippen LogP contribution in [0.2, 0.25) is 0 Å². The highest BCUT2D eigenvalue weighted by atomic mass is 32.2. The predicted molar refractivity (Wildman–Crippen MR) is 67.6 cm³/mol. The maximum atomic E-state index is 11.2. The normalized spacial score (nSPS) is 11.7. The first kappa shape index (κ1) is 13.1. The van der Waals surface area contributed by atoms with Crippen LogP contribution in [-0.4, -0.2) is 26.0 Å². The van der Waals surface area contributed by atoms with Gasteiger partial charge in [-0.3, -0.25) is 4.57 Å². The van der Waals surface area contributed by atoms with Crippen LogP contribution in [0.15, 0.2) is 28.0 Å². The van der Waals surface area contributed by atoms with Crippen LogP contribution < -0.4 is 11.0 Å². The van der Waals surface area contributed by atoms with Gasteiger partial charge in [-0.1, -0.05) is 0 Å². The van der Waals surface area contributed by atoms with E-state index in [9.17, 15) is 4.57 Å². The standard InChI is InChI=1S/C9H10N3O4PS/c1-18-9-8(10)12-5(4-11-9)7-6(2-3-16-7)17(13,14)15/h2-4H,1H3,(H2,10,12)(H2,13,14,15). The highest BCUT2D eigenvalue weighted by Crippen LogP contribution is 2.38. The van der Waals surface area contributed by atoms with E-state index in [4.69, 9.17) is 19.9 Å². The summed E-state index contributed by atoms with van der Waals surface area (Å²) in [5.41, 5.74) is 5.86. The van der Waals surface area contributed by atoms with Crippen LogP contribution in [0.4, 0.5) is 5.82 Å². The Kier molecular flexibility index (Phi) is 3.45. The molecule has 0 spiro atoms.